The summed E-state index contributed by atoms with van der Waals surface area (Å²) in [6, 6.07) is 10.9. The van der Waals surface area contributed by atoms with Crippen LogP contribution in [0.5, 0.6) is 0 Å². The van der Waals surface area contributed by atoms with Crippen molar-refractivity contribution in [2.24, 2.45) is 0 Å². The molecule has 22 heavy (non-hydrogen) atoms. The molecular weight excluding hydrogens is 280 g/mol. The first kappa shape index (κ1) is 13.7. The minimum absolute atomic E-state index is 0.632. The van der Waals surface area contributed by atoms with Crippen LogP contribution in [0.15, 0.2) is 42.5 Å². The second kappa shape index (κ2) is 4.76. The van der Waals surface area contributed by atoms with Crippen LogP contribution in [-0.2, 0) is 0 Å². The quantitative estimate of drug-likeness (QED) is 0.598. The Kier molecular flexibility index (Phi) is 2.96. The van der Waals surface area contributed by atoms with Gasteiger partial charge in [-0.1, -0.05) is 36.4 Å². The molecule has 4 heteroatoms. The molecule has 0 fully saturated rings. The van der Waals surface area contributed by atoms with Crippen molar-refractivity contribution in [3.8, 4) is 11.1 Å². The first-order valence-corrected chi connectivity index (χ1v) is 7.25. The molecule has 4 N–H and O–H groups in total. The Bertz CT molecular complexity index is 781. The Hall–Kier alpha value is -1.98. The Labute approximate surface area is 127 Å². The summed E-state index contributed by atoms with van der Waals surface area (Å²) in [6.07, 6.45) is -0.634. The Morgan fingerprint density at radius 1 is 0.682 bits per heavy atom. The second-order valence-electron chi connectivity index (χ2n) is 5.84. The lowest BCUT2D eigenvalue weighted by Gasteiger charge is -2.32. The van der Waals surface area contributed by atoms with Crippen molar-refractivity contribution < 1.29 is 20.4 Å². The van der Waals surface area contributed by atoms with Gasteiger partial charge in [0.1, 0.15) is 24.4 Å². The SMILES string of the molecule is O[C@@H]1c2cc3c(cc2C=C[C@@H]1O)[C@@H](O)[C@@H](O)c1ccccc1-3. The van der Waals surface area contributed by atoms with E-state index in [2.05, 4.69) is 0 Å². The number of hydrogen-bond acceptors (Lipinski definition) is 4. The molecule has 0 radical (unpaired) electrons. The van der Waals surface area contributed by atoms with Gasteiger partial charge in [0.15, 0.2) is 0 Å². The van der Waals surface area contributed by atoms with Gasteiger partial charge in [-0.2, -0.15) is 0 Å². The predicted molar refractivity (Wildman–Crippen MR) is 81.8 cm³/mol. The van der Waals surface area contributed by atoms with E-state index in [1.165, 1.54) is 6.08 Å². The van der Waals surface area contributed by atoms with Gasteiger partial charge in [0.2, 0.25) is 0 Å². The molecule has 2 aromatic carbocycles. The number of aliphatic hydroxyl groups excluding tert-OH is 4. The Morgan fingerprint density at radius 2 is 1.41 bits per heavy atom. The predicted octanol–water partition coefficient (Wildman–Crippen LogP) is 1.86. The maximum Gasteiger partial charge on any atom is 0.110 e. The van der Waals surface area contributed by atoms with Crippen molar-refractivity contribution in [2.45, 2.75) is 24.4 Å². The van der Waals surface area contributed by atoms with Gasteiger partial charge in [-0.25, -0.2) is 0 Å². The smallest absolute Gasteiger partial charge is 0.110 e. The lowest BCUT2D eigenvalue weighted by Crippen LogP contribution is -2.22. The molecule has 4 atom stereocenters. The van der Waals surface area contributed by atoms with Crippen LogP contribution < -0.4 is 0 Å². The van der Waals surface area contributed by atoms with Crippen molar-refractivity contribution >= 4 is 6.08 Å². The van der Waals surface area contributed by atoms with Crippen LogP contribution in [0.1, 0.15) is 40.6 Å². The average molecular weight is 296 g/mol. The van der Waals surface area contributed by atoms with Crippen LogP contribution in [0.3, 0.4) is 0 Å². The van der Waals surface area contributed by atoms with Gasteiger partial charge in [0.25, 0.3) is 0 Å². The van der Waals surface area contributed by atoms with Gasteiger partial charge in [-0.3, -0.25) is 0 Å². The van der Waals surface area contributed by atoms with Gasteiger partial charge in [0.05, 0.1) is 0 Å². The maximum absolute atomic E-state index is 10.4. The van der Waals surface area contributed by atoms with E-state index in [4.69, 9.17) is 0 Å². The highest BCUT2D eigenvalue weighted by molar-refractivity contribution is 5.78. The normalized spacial score (nSPS) is 28.7. The number of benzene rings is 2. The van der Waals surface area contributed by atoms with Gasteiger partial charge in [-0.15, -0.1) is 0 Å². The molecule has 0 saturated carbocycles. The zero-order valence-corrected chi connectivity index (χ0v) is 11.7. The summed E-state index contributed by atoms with van der Waals surface area (Å²) in [5.41, 5.74) is 4.32. The van der Waals surface area contributed by atoms with Gasteiger partial charge in [0, 0.05) is 0 Å². The molecule has 2 aromatic rings. The minimum Gasteiger partial charge on any atom is -0.386 e. The van der Waals surface area contributed by atoms with E-state index in [0.717, 1.165) is 16.7 Å². The largest absolute Gasteiger partial charge is 0.386 e. The molecule has 0 bridgehead atoms. The molecule has 2 aliphatic rings. The fourth-order valence-electron chi connectivity index (χ4n) is 3.36. The zero-order chi connectivity index (χ0) is 15.4. The number of rotatable bonds is 0. The molecule has 2 aliphatic carbocycles. The fraction of sp³-hybridized carbons (Fsp3) is 0.222. The van der Waals surface area contributed by atoms with Crippen LogP contribution in [0.4, 0.5) is 0 Å². The van der Waals surface area contributed by atoms with E-state index in [9.17, 15) is 20.4 Å². The van der Waals surface area contributed by atoms with Crippen molar-refractivity contribution in [1.29, 1.82) is 0 Å². The third-order valence-electron chi connectivity index (χ3n) is 4.56. The summed E-state index contributed by atoms with van der Waals surface area (Å²) in [6.45, 7) is 0. The highest BCUT2D eigenvalue weighted by Gasteiger charge is 2.33. The van der Waals surface area contributed by atoms with E-state index in [0.29, 0.717) is 16.7 Å². The van der Waals surface area contributed by atoms with Crippen LogP contribution in [0.25, 0.3) is 17.2 Å². The van der Waals surface area contributed by atoms with Crippen molar-refractivity contribution in [3.05, 3.63) is 64.7 Å². The number of hydrogen-bond donors (Lipinski definition) is 4. The van der Waals surface area contributed by atoms with Crippen LogP contribution in [0.2, 0.25) is 0 Å². The molecule has 0 spiro atoms. The van der Waals surface area contributed by atoms with E-state index >= 15 is 0 Å². The molecule has 0 unspecified atom stereocenters. The second-order valence-corrected chi connectivity index (χ2v) is 5.84. The van der Waals surface area contributed by atoms with E-state index in [-0.39, 0.29) is 0 Å². The lowest BCUT2D eigenvalue weighted by atomic mass is 9.78. The van der Waals surface area contributed by atoms with Gasteiger partial charge in [-0.05, 0) is 45.5 Å². The first-order chi connectivity index (χ1) is 10.6. The minimum atomic E-state index is -1.01. The fourth-order valence-corrected chi connectivity index (χ4v) is 3.36. The topological polar surface area (TPSA) is 80.9 Å². The third kappa shape index (κ3) is 1.79. The highest BCUT2D eigenvalue weighted by atomic mass is 16.3. The maximum atomic E-state index is 10.4. The molecule has 0 aromatic heterocycles. The van der Waals surface area contributed by atoms with Crippen LogP contribution in [0, 0.1) is 0 Å². The summed E-state index contributed by atoms with van der Waals surface area (Å²) in [5, 5.41) is 40.7. The van der Waals surface area contributed by atoms with E-state index in [1.807, 2.05) is 18.2 Å². The van der Waals surface area contributed by atoms with Crippen molar-refractivity contribution in [2.75, 3.05) is 0 Å². The lowest BCUT2D eigenvalue weighted by molar-refractivity contribution is 0.0156. The summed E-state index contributed by atoms with van der Waals surface area (Å²) in [7, 11) is 0. The molecule has 0 aliphatic heterocycles. The average Bonchev–Trinajstić information content (AvgIpc) is 2.55. The van der Waals surface area contributed by atoms with E-state index in [1.54, 1.807) is 24.3 Å². The molecule has 4 rings (SSSR count). The van der Waals surface area contributed by atoms with Gasteiger partial charge >= 0.3 is 0 Å². The number of aliphatic hydroxyl groups is 4. The molecule has 0 amide bonds. The van der Waals surface area contributed by atoms with Crippen molar-refractivity contribution in [1.82, 2.24) is 0 Å². The monoisotopic (exact) mass is 296 g/mol. The number of fused-ring (bicyclic) bond motifs is 4. The van der Waals surface area contributed by atoms with Crippen molar-refractivity contribution in [3.63, 3.8) is 0 Å². The summed E-state index contributed by atoms with van der Waals surface area (Å²) < 4.78 is 0. The molecule has 0 heterocycles. The van der Waals surface area contributed by atoms with Crippen LogP contribution in [-0.4, -0.2) is 26.5 Å². The van der Waals surface area contributed by atoms with Gasteiger partial charge < -0.3 is 20.4 Å². The molecule has 4 nitrogen and oxygen atoms in total. The summed E-state index contributed by atoms with van der Waals surface area (Å²) >= 11 is 0. The Morgan fingerprint density at radius 3 is 2.23 bits per heavy atom. The highest BCUT2D eigenvalue weighted by Crippen LogP contribution is 2.46. The summed E-state index contributed by atoms with van der Waals surface area (Å²) in [4.78, 5) is 0. The Balaban J connectivity index is 1.99. The summed E-state index contributed by atoms with van der Waals surface area (Å²) in [5.74, 6) is 0. The standard InChI is InChI=1S/C18H16O4/c19-15-6-5-9-7-14-13(8-12(9)16(15)20)10-3-1-2-4-11(10)17(21)18(14)22/h1-8,15-22H/t15-,16+,17-,18+/m0/s1. The molecule has 112 valence electrons. The molecule has 0 saturated heterocycles. The molecular formula is C18H16O4. The van der Waals surface area contributed by atoms with E-state index < -0.39 is 24.4 Å². The zero-order valence-electron chi connectivity index (χ0n) is 11.7. The van der Waals surface area contributed by atoms with Crippen LogP contribution >= 0.6 is 0 Å². The third-order valence-corrected chi connectivity index (χ3v) is 4.56. The first-order valence-electron chi connectivity index (χ1n) is 7.25.